The third kappa shape index (κ3) is 1.13. The molecule has 3 aliphatic carbocycles. The van der Waals surface area contributed by atoms with Crippen molar-refractivity contribution >= 4 is 11.6 Å². The normalized spacial score (nSPS) is 56.8. The van der Waals surface area contributed by atoms with Crippen molar-refractivity contribution in [1.82, 2.24) is 0 Å². The van der Waals surface area contributed by atoms with Gasteiger partial charge in [-0.05, 0) is 26.7 Å². The first-order chi connectivity index (χ1) is 9.26. The Morgan fingerprint density at radius 3 is 2.55 bits per heavy atom. The molecule has 0 bridgehead atoms. The van der Waals surface area contributed by atoms with Crippen LogP contribution in [0.15, 0.2) is 11.6 Å². The molecule has 0 amide bonds. The van der Waals surface area contributed by atoms with Crippen LogP contribution in [0.4, 0.5) is 0 Å². The van der Waals surface area contributed by atoms with E-state index in [1.165, 1.54) is 0 Å². The Labute approximate surface area is 118 Å². The van der Waals surface area contributed by atoms with Gasteiger partial charge in [0.2, 0.25) is 0 Å². The van der Waals surface area contributed by atoms with E-state index in [4.69, 9.17) is 4.74 Å². The number of carbonyl (C=O) groups is 2. The van der Waals surface area contributed by atoms with Crippen LogP contribution in [-0.4, -0.2) is 35.0 Å². The Balaban J connectivity index is 1.86. The number of epoxide rings is 1. The van der Waals surface area contributed by atoms with Crippen molar-refractivity contribution in [1.29, 1.82) is 0 Å². The van der Waals surface area contributed by atoms with Crippen LogP contribution in [-0.2, 0) is 14.3 Å². The van der Waals surface area contributed by atoms with Crippen molar-refractivity contribution < 1.29 is 19.4 Å². The minimum atomic E-state index is -0.750. The summed E-state index contributed by atoms with van der Waals surface area (Å²) in [5.41, 5.74) is -0.829. The van der Waals surface area contributed by atoms with Gasteiger partial charge >= 0.3 is 0 Å². The first-order valence-corrected chi connectivity index (χ1v) is 7.35. The summed E-state index contributed by atoms with van der Waals surface area (Å²) < 4.78 is 5.52. The number of Topliss-reactive ketones (excluding diaryl/α,β-unsaturated/α-hetero) is 2. The average molecular weight is 276 g/mol. The molecule has 0 aromatic heterocycles. The third-order valence-electron chi connectivity index (χ3n) is 6.43. The summed E-state index contributed by atoms with van der Waals surface area (Å²) in [6, 6.07) is 0. The molecule has 4 nitrogen and oxygen atoms in total. The lowest BCUT2D eigenvalue weighted by Crippen LogP contribution is -2.70. The Bertz CT molecular complexity index is 573. The van der Waals surface area contributed by atoms with Gasteiger partial charge in [0, 0.05) is 11.3 Å². The maximum atomic E-state index is 13.1. The average Bonchev–Trinajstić information content (AvgIpc) is 3.12. The SMILES string of the molecule is CC1=C[C@@H](O)C[C@H]2C(=O)[C@]3(C)CC4(CO4)C3C(=O)[C@@]12C. The molecule has 2 saturated carbocycles. The van der Waals surface area contributed by atoms with Crippen LogP contribution in [0.25, 0.3) is 0 Å². The van der Waals surface area contributed by atoms with E-state index in [0.717, 1.165) is 5.57 Å². The Morgan fingerprint density at radius 1 is 1.30 bits per heavy atom. The second kappa shape index (κ2) is 3.25. The highest BCUT2D eigenvalue weighted by Crippen LogP contribution is 2.69. The fourth-order valence-corrected chi connectivity index (χ4v) is 5.11. The predicted molar refractivity (Wildman–Crippen MR) is 70.9 cm³/mol. The fourth-order valence-electron chi connectivity index (χ4n) is 5.11. The van der Waals surface area contributed by atoms with Crippen LogP contribution in [0.2, 0.25) is 0 Å². The lowest BCUT2D eigenvalue weighted by atomic mass is 9.39. The van der Waals surface area contributed by atoms with E-state index in [2.05, 4.69) is 0 Å². The molecule has 1 saturated heterocycles. The smallest absolute Gasteiger partial charge is 0.150 e. The minimum Gasteiger partial charge on any atom is -0.389 e. The van der Waals surface area contributed by atoms with Gasteiger partial charge in [-0.2, -0.15) is 0 Å². The molecule has 1 aliphatic heterocycles. The van der Waals surface area contributed by atoms with Crippen molar-refractivity contribution in [3.8, 4) is 0 Å². The number of carbonyl (C=O) groups excluding carboxylic acids is 2. The van der Waals surface area contributed by atoms with E-state index in [-0.39, 0.29) is 29.0 Å². The van der Waals surface area contributed by atoms with Crippen molar-refractivity contribution in [2.75, 3.05) is 6.61 Å². The predicted octanol–water partition coefficient (Wildman–Crippen LogP) is 1.27. The van der Waals surface area contributed by atoms with Gasteiger partial charge in [-0.15, -0.1) is 0 Å². The van der Waals surface area contributed by atoms with Crippen LogP contribution in [0.5, 0.6) is 0 Å². The number of hydrogen-bond donors (Lipinski definition) is 1. The summed E-state index contributed by atoms with van der Waals surface area (Å²) in [7, 11) is 0. The monoisotopic (exact) mass is 276 g/mol. The van der Waals surface area contributed by atoms with E-state index in [0.29, 0.717) is 19.4 Å². The molecule has 4 aliphatic rings. The van der Waals surface area contributed by atoms with Gasteiger partial charge < -0.3 is 9.84 Å². The highest BCUT2D eigenvalue weighted by molar-refractivity contribution is 6.08. The van der Waals surface area contributed by atoms with Crippen LogP contribution in [0.3, 0.4) is 0 Å². The molecular weight excluding hydrogens is 256 g/mol. The van der Waals surface area contributed by atoms with Gasteiger partial charge in [0.1, 0.15) is 11.4 Å². The number of ether oxygens (including phenoxy) is 1. The molecule has 2 unspecified atom stereocenters. The highest BCUT2D eigenvalue weighted by Gasteiger charge is 2.79. The summed E-state index contributed by atoms with van der Waals surface area (Å²) >= 11 is 0. The molecule has 0 aromatic rings. The van der Waals surface area contributed by atoms with Gasteiger partial charge in [-0.1, -0.05) is 18.6 Å². The van der Waals surface area contributed by atoms with E-state index in [1.54, 1.807) is 6.08 Å². The van der Waals surface area contributed by atoms with Gasteiger partial charge in [0.25, 0.3) is 0 Å². The number of aliphatic hydroxyl groups is 1. The van der Waals surface area contributed by atoms with Crippen LogP contribution < -0.4 is 0 Å². The molecule has 3 fully saturated rings. The zero-order chi connectivity index (χ0) is 14.5. The summed E-state index contributed by atoms with van der Waals surface area (Å²) in [6.45, 7) is 6.26. The summed E-state index contributed by atoms with van der Waals surface area (Å²) in [5, 5.41) is 9.94. The number of hydrogen-bond acceptors (Lipinski definition) is 4. The Hall–Kier alpha value is -1.00. The minimum absolute atomic E-state index is 0.147. The molecule has 0 aromatic carbocycles. The standard InChI is InChI=1S/C16H20O4/c1-8-4-9(17)5-10-12(18)14(2)6-16(7-20-16)11(14)13(19)15(8,10)3/h4,9-11,17H,5-7H2,1-3H3/t9-,10+,11?,14-,15+,16?/m1/s1. The van der Waals surface area contributed by atoms with E-state index in [9.17, 15) is 14.7 Å². The molecule has 6 atom stereocenters. The van der Waals surface area contributed by atoms with Crippen LogP contribution >= 0.6 is 0 Å². The topological polar surface area (TPSA) is 66.9 Å². The van der Waals surface area contributed by atoms with E-state index >= 15 is 0 Å². The quantitative estimate of drug-likeness (QED) is 0.534. The number of allylic oxidation sites excluding steroid dienone is 1. The summed E-state index contributed by atoms with van der Waals surface area (Å²) in [6.07, 6.45) is 2.16. The molecule has 20 heavy (non-hydrogen) atoms. The second-order valence-corrected chi connectivity index (χ2v) is 7.52. The second-order valence-electron chi connectivity index (χ2n) is 7.52. The molecule has 0 radical (unpaired) electrons. The molecule has 108 valence electrons. The Kier molecular flexibility index (Phi) is 2.07. The first kappa shape index (κ1) is 12.7. The lowest BCUT2D eigenvalue weighted by molar-refractivity contribution is -0.182. The van der Waals surface area contributed by atoms with Gasteiger partial charge in [0.05, 0.1) is 24.0 Å². The van der Waals surface area contributed by atoms with Gasteiger partial charge in [-0.25, -0.2) is 0 Å². The molecule has 1 heterocycles. The molecule has 1 N–H and O–H groups in total. The summed E-state index contributed by atoms with van der Waals surface area (Å²) in [4.78, 5) is 26.1. The Morgan fingerprint density at radius 2 is 1.95 bits per heavy atom. The maximum absolute atomic E-state index is 13.1. The molecule has 4 rings (SSSR count). The number of fused-ring (bicyclic) bond motifs is 3. The maximum Gasteiger partial charge on any atom is 0.150 e. The van der Waals surface area contributed by atoms with Gasteiger partial charge in [0.15, 0.2) is 5.78 Å². The molecular formula is C16H20O4. The van der Waals surface area contributed by atoms with Crippen molar-refractivity contribution in [2.24, 2.45) is 22.7 Å². The molecule has 4 heteroatoms. The van der Waals surface area contributed by atoms with Crippen LogP contribution in [0.1, 0.15) is 33.6 Å². The molecule has 1 spiro atoms. The lowest BCUT2D eigenvalue weighted by Gasteiger charge is -2.60. The number of ketones is 2. The highest BCUT2D eigenvalue weighted by atomic mass is 16.6. The van der Waals surface area contributed by atoms with E-state index in [1.807, 2.05) is 20.8 Å². The van der Waals surface area contributed by atoms with Crippen molar-refractivity contribution in [2.45, 2.75) is 45.3 Å². The largest absolute Gasteiger partial charge is 0.389 e. The van der Waals surface area contributed by atoms with Crippen LogP contribution in [0, 0.1) is 22.7 Å². The number of aliphatic hydroxyl groups excluding tert-OH is 1. The van der Waals surface area contributed by atoms with Gasteiger partial charge in [-0.3, -0.25) is 9.59 Å². The van der Waals surface area contributed by atoms with E-state index < -0.39 is 16.9 Å². The fraction of sp³-hybridized carbons (Fsp3) is 0.750. The third-order valence-corrected chi connectivity index (χ3v) is 6.43. The number of rotatable bonds is 0. The zero-order valence-corrected chi connectivity index (χ0v) is 12.1. The summed E-state index contributed by atoms with van der Waals surface area (Å²) in [5.74, 6) is -0.374. The first-order valence-electron chi connectivity index (χ1n) is 7.35. The van der Waals surface area contributed by atoms with Crippen molar-refractivity contribution in [3.63, 3.8) is 0 Å². The zero-order valence-electron chi connectivity index (χ0n) is 12.1. The van der Waals surface area contributed by atoms with Crippen molar-refractivity contribution in [3.05, 3.63) is 11.6 Å².